The Morgan fingerprint density at radius 1 is 0.826 bits per heavy atom. The molecule has 5 N–H and O–H groups in total. The first-order valence-electron chi connectivity index (χ1n) is 24.0. The summed E-state index contributed by atoms with van der Waals surface area (Å²) in [7, 11) is 1.49. The highest BCUT2D eigenvalue weighted by molar-refractivity contribution is 5.97. The fourth-order valence-electron chi connectivity index (χ4n) is 8.33. The fourth-order valence-corrected chi connectivity index (χ4v) is 8.33. The molecule has 2 heterocycles. The van der Waals surface area contributed by atoms with Crippen molar-refractivity contribution < 1.29 is 43.0 Å². The highest BCUT2D eigenvalue weighted by atomic mass is 16.6. The van der Waals surface area contributed by atoms with Gasteiger partial charge in [0.05, 0.1) is 6.04 Å². The Bertz CT molecular complexity index is 2220. The summed E-state index contributed by atoms with van der Waals surface area (Å²) in [5, 5.41) is 13.9. The van der Waals surface area contributed by atoms with Gasteiger partial charge in [0, 0.05) is 32.8 Å². The number of hydrogen-bond acceptors (Lipinski definition) is 11. The molecule has 6 amide bonds. The molecule has 1 unspecified atom stereocenters. The van der Waals surface area contributed by atoms with E-state index < -0.39 is 83.5 Å². The maximum atomic E-state index is 14.9. The van der Waals surface area contributed by atoms with Gasteiger partial charge in [-0.1, -0.05) is 111 Å². The third-order valence-electron chi connectivity index (χ3n) is 12.4. The molecule has 1 saturated heterocycles. The minimum absolute atomic E-state index is 0.0178. The predicted molar refractivity (Wildman–Crippen MR) is 261 cm³/mol. The summed E-state index contributed by atoms with van der Waals surface area (Å²) in [5.41, 5.74) is 8.00. The van der Waals surface area contributed by atoms with Crippen LogP contribution in [-0.4, -0.2) is 125 Å². The SMILES string of the molecule is CCC(C)[C@H](NC(=O)[C@H](N)Cc1ccccc1)C(=O)N1N=CCC[C@@H]1C(=O)N[C@@H](CCCNC(=O)OC(C)(C)C)C(=O)N(C)[C@H](Cc1ccccc1)C(=O)N1CCC[C@H]1C(=O)OCc1ccccc1. The van der Waals surface area contributed by atoms with E-state index in [1.807, 2.05) is 105 Å². The number of rotatable bonds is 21. The predicted octanol–water partition coefficient (Wildman–Crippen LogP) is 4.66. The Morgan fingerprint density at radius 2 is 1.43 bits per heavy atom. The van der Waals surface area contributed by atoms with Gasteiger partial charge >= 0.3 is 12.1 Å². The molecule has 0 bridgehead atoms. The minimum atomic E-state index is -1.25. The molecular formula is C52H70N8O9. The largest absolute Gasteiger partial charge is 0.459 e. The quantitative estimate of drug-likeness (QED) is 0.0855. The summed E-state index contributed by atoms with van der Waals surface area (Å²) < 4.78 is 11.1. The van der Waals surface area contributed by atoms with Crippen LogP contribution >= 0.6 is 0 Å². The molecule has 17 nitrogen and oxygen atoms in total. The minimum Gasteiger partial charge on any atom is -0.459 e. The molecule has 3 aromatic rings. The Balaban J connectivity index is 1.38. The highest BCUT2D eigenvalue weighted by Gasteiger charge is 2.43. The monoisotopic (exact) mass is 951 g/mol. The van der Waals surface area contributed by atoms with Crippen LogP contribution in [0, 0.1) is 5.92 Å². The van der Waals surface area contributed by atoms with Crippen LogP contribution in [-0.2, 0) is 57.7 Å². The van der Waals surface area contributed by atoms with Crippen LogP contribution in [0.3, 0.4) is 0 Å². The van der Waals surface area contributed by atoms with Crippen molar-refractivity contribution in [3.8, 4) is 0 Å². The van der Waals surface area contributed by atoms with Gasteiger partial charge in [0.1, 0.15) is 42.4 Å². The molecule has 7 atom stereocenters. The van der Waals surface area contributed by atoms with E-state index in [2.05, 4.69) is 21.1 Å². The van der Waals surface area contributed by atoms with Gasteiger partial charge in [0.25, 0.3) is 5.91 Å². The third-order valence-corrected chi connectivity index (χ3v) is 12.4. The molecule has 2 aliphatic heterocycles. The Hall–Kier alpha value is -6.62. The van der Waals surface area contributed by atoms with Gasteiger partial charge in [-0.05, 0) is 88.3 Å². The normalized spacial score (nSPS) is 17.9. The maximum absolute atomic E-state index is 14.9. The number of esters is 1. The standard InChI is InChI=1S/C52H70N8O9/c1-7-35(2)44(57-45(61)39(53)32-36-20-11-8-12-21-36)49(65)60-41(27-18-30-55-60)46(62)56-40(26-17-29-54-51(67)69-52(3,4)5)47(63)58(6)43(33-37-22-13-9-14-23-37)48(64)59-31-19-28-42(59)50(66)68-34-38-24-15-10-16-25-38/h8-16,20-25,30,35,39-44H,7,17-19,26-29,31-34,53H2,1-6H3,(H,54,67)(H,56,62)(H,57,61)/t35?,39-,40+,41-,42+,43-,44+/m1/s1. The number of ether oxygens (including phenoxy) is 2. The van der Waals surface area contributed by atoms with Crippen molar-refractivity contribution in [3.05, 3.63) is 108 Å². The topological polar surface area (TPSA) is 222 Å². The lowest BCUT2D eigenvalue weighted by atomic mass is 9.96. The second-order valence-corrected chi connectivity index (χ2v) is 18.8. The summed E-state index contributed by atoms with van der Waals surface area (Å²) in [5.74, 6) is -3.79. The van der Waals surface area contributed by atoms with E-state index in [-0.39, 0.29) is 57.7 Å². The summed E-state index contributed by atoms with van der Waals surface area (Å²) in [6.45, 7) is 9.31. The molecule has 0 aliphatic carbocycles. The summed E-state index contributed by atoms with van der Waals surface area (Å²) in [6, 6.07) is 21.3. The number of likely N-dealkylation sites (N-methyl/N-ethyl adjacent to an activating group) is 1. The lowest BCUT2D eigenvalue weighted by molar-refractivity contribution is -0.157. The van der Waals surface area contributed by atoms with Crippen molar-refractivity contribution >= 4 is 47.8 Å². The zero-order chi connectivity index (χ0) is 50.1. The van der Waals surface area contributed by atoms with Crippen LogP contribution in [0.4, 0.5) is 4.79 Å². The number of nitrogens with one attached hydrogen (secondary N) is 3. The Morgan fingerprint density at radius 3 is 2.04 bits per heavy atom. The summed E-state index contributed by atoms with van der Waals surface area (Å²) in [4.78, 5) is 101. The van der Waals surface area contributed by atoms with E-state index in [1.54, 1.807) is 20.8 Å². The molecule has 372 valence electrons. The van der Waals surface area contributed by atoms with Crippen molar-refractivity contribution in [1.82, 2.24) is 30.8 Å². The third kappa shape index (κ3) is 15.7. The summed E-state index contributed by atoms with van der Waals surface area (Å²) in [6.07, 6.45) is 3.41. The highest BCUT2D eigenvalue weighted by Crippen LogP contribution is 2.25. The molecule has 5 rings (SSSR count). The number of likely N-dealkylation sites (tertiary alicyclic amines) is 1. The van der Waals surface area contributed by atoms with Crippen molar-refractivity contribution in [2.24, 2.45) is 16.8 Å². The van der Waals surface area contributed by atoms with Crippen LogP contribution in [0.5, 0.6) is 0 Å². The number of alkyl carbamates (subject to hydrolysis) is 1. The van der Waals surface area contributed by atoms with Crippen LogP contribution in [0.2, 0.25) is 0 Å². The lowest BCUT2D eigenvalue weighted by Gasteiger charge is -2.36. The van der Waals surface area contributed by atoms with E-state index in [0.717, 1.165) is 21.7 Å². The van der Waals surface area contributed by atoms with E-state index in [1.165, 1.54) is 23.1 Å². The smallest absolute Gasteiger partial charge is 0.407 e. The first-order valence-corrected chi connectivity index (χ1v) is 24.0. The molecular weight excluding hydrogens is 881 g/mol. The van der Waals surface area contributed by atoms with Crippen LogP contribution in [0.1, 0.15) is 96.3 Å². The zero-order valence-electron chi connectivity index (χ0n) is 40.8. The fraction of sp³-hybridized carbons (Fsp3) is 0.500. The van der Waals surface area contributed by atoms with Gasteiger partial charge in [-0.15, -0.1) is 0 Å². The Kier molecular flexibility index (Phi) is 19.8. The summed E-state index contributed by atoms with van der Waals surface area (Å²) >= 11 is 0. The van der Waals surface area contributed by atoms with E-state index in [4.69, 9.17) is 15.2 Å². The van der Waals surface area contributed by atoms with Gasteiger partial charge in [-0.2, -0.15) is 5.10 Å². The molecule has 69 heavy (non-hydrogen) atoms. The zero-order valence-corrected chi connectivity index (χ0v) is 40.8. The van der Waals surface area contributed by atoms with Gasteiger partial charge in [-0.3, -0.25) is 24.0 Å². The number of nitrogens with two attached hydrogens (primary N) is 1. The van der Waals surface area contributed by atoms with Gasteiger partial charge in [0.15, 0.2) is 0 Å². The molecule has 0 spiro atoms. The van der Waals surface area contributed by atoms with Crippen molar-refractivity contribution in [2.75, 3.05) is 20.1 Å². The second-order valence-electron chi connectivity index (χ2n) is 18.8. The van der Waals surface area contributed by atoms with Crippen LogP contribution in [0.15, 0.2) is 96.1 Å². The number of carbonyl (C=O) groups excluding carboxylic acids is 7. The lowest BCUT2D eigenvalue weighted by Crippen LogP contribution is -2.61. The van der Waals surface area contributed by atoms with Gasteiger partial charge < -0.3 is 41.0 Å². The van der Waals surface area contributed by atoms with Crippen LogP contribution < -0.4 is 21.7 Å². The molecule has 2 aliphatic rings. The van der Waals surface area contributed by atoms with Gasteiger partial charge in [-0.25, -0.2) is 14.6 Å². The maximum Gasteiger partial charge on any atom is 0.407 e. The van der Waals surface area contributed by atoms with Crippen molar-refractivity contribution in [2.45, 2.75) is 141 Å². The van der Waals surface area contributed by atoms with E-state index >= 15 is 0 Å². The molecule has 0 radical (unpaired) electrons. The van der Waals surface area contributed by atoms with E-state index in [9.17, 15) is 33.6 Å². The van der Waals surface area contributed by atoms with Crippen molar-refractivity contribution in [1.29, 1.82) is 0 Å². The first kappa shape index (κ1) is 53.3. The average Bonchev–Trinajstić information content (AvgIpc) is 3.85. The number of amides is 6. The average molecular weight is 951 g/mol. The molecule has 17 heteroatoms. The number of hydrazone groups is 1. The number of benzene rings is 3. The van der Waals surface area contributed by atoms with Crippen LogP contribution in [0.25, 0.3) is 0 Å². The number of hydrogen-bond donors (Lipinski definition) is 4. The molecule has 0 saturated carbocycles. The second kappa shape index (κ2) is 25.7. The van der Waals surface area contributed by atoms with Gasteiger partial charge in [0.2, 0.25) is 23.6 Å². The van der Waals surface area contributed by atoms with Crippen molar-refractivity contribution in [3.63, 3.8) is 0 Å². The number of carbonyl (C=O) groups is 7. The van der Waals surface area contributed by atoms with E-state index in [0.29, 0.717) is 25.7 Å². The molecule has 1 fully saturated rings. The number of nitrogens with zero attached hydrogens (tertiary/aromatic N) is 4. The Labute approximate surface area is 405 Å². The first-order chi connectivity index (χ1) is 33.0. The molecule has 0 aromatic heterocycles. The molecule has 3 aromatic carbocycles.